The maximum Gasteiger partial charge on any atom is 0.262 e. The number of benzene rings is 1. The largest absolute Gasteiger partial charge is 0.281 e. The zero-order valence-corrected chi connectivity index (χ0v) is 10.7. The summed E-state index contributed by atoms with van der Waals surface area (Å²) in [6.45, 7) is 0. The molecule has 1 aliphatic rings. The third-order valence-electron chi connectivity index (χ3n) is 3.07. The van der Waals surface area contributed by atoms with Crippen LogP contribution in [0.2, 0.25) is 0 Å². The molecular weight excluding hydrogens is 250 g/mol. The Kier molecular flexibility index (Phi) is 2.66. The van der Waals surface area contributed by atoms with E-state index in [1.54, 1.807) is 6.07 Å². The molecule has 0 bridgehead atoms. The summed E-state index contributed by atoms with van der Waals surface area (Å²) in [6, 6.07) is 5.32. The number of aromatic amines is 1. The summed E-state index contributed by atoms with van der Waals surface area (Å²) < 4.78 is 13.4. The predicted molar refractivity (Wildman–Crippen MR) is 69.6 cm³/mol. The molecule has 1 saturated carbocycles. The lowest BCUT2D eigenvalue weighted by Crippen LogP contribution is -2.24. The molecule has 6 heteroatoms. The number of aromatic nitrogens is 2. The van der Waals surface area contributed by atoms with E-state index in [-0.39, 0.29) is 5.91 Å². The summed E-state index contributed by atoms with van der Waals surface area (Å²) in [6.07, 6.45) is 3.78. The van der Waals surface area contributed by atoms with E-state index in [1.165, 1.54) is 19.1 Å². The molecule has 18 heavy (non-hydrogen) atoms. The number of nitrogens with zero attached hydrogens (tertiary/aromatic N) is 1. The van der Waals surface area contributed by atoms with Gasteiger partial charge in [0.15, 0.2) is 0 Å². The van der Waals surface area contributed by atoms with Crippen molar-refractivity contribution in [3.8, 4) is 0 Å². The van der Waals surface area contributed by atoms with E-state index in [0.29, 0.717) is 11.5 Å². The Morgan fingerprint density at radius 1 is 1.50 bits per heavy atom. The van der Waals surface area contributed by atoms with Crippen molar-refractivity contribution >= 4 is 27.8 Å². The van der Waals surface area contributed by atoms with Crippen LogP contribution in [0.25, 0.3) is 10.9 Å². The van der Waals surface area contributed by atoms with Crippen molar-refractivity contribution < 1.29 is 9.00 Å². The molecule has 0 aliphatic heterocycles. The molecule has 0 saturated heterocycles. The summed E-state index contributed by atoms with van der Waals surface area (Å²) in [5.41, 5.74) is 2.49. The molecule has 1 aliphatic carbocycles. The SMILES string of the molecule is CS(=O)NC(=O)c1ccc2n[nH]c(C3CC3)c2c1. The predicted octanol–water partition coefficient (Wildman–Crippen LogP) is 1.46. The highest BCUT2D eigenvalue weighted by Gasteiger charge is 2.27. The third kappa shape index (κ3) is 2.03. The van der Waals surface area contributed by atoms with Gasteiger partial charge in [-0.2, -0.15) is 5.10 Å². The van der Waals surface area contributed by atoms with E-state index < -0.39 is 11.0 Å². The average Bonchev–Trinajstić information content (AvgIpc) is 3.08. The second kappa shape index (κ2) is 4.20. The standard InChI is InChI=1S/C12H13N3O2S/c1-18(17)15-12(16)8-4-5-10-9(6-8)11(14-13-10)7-2-3-7/h4-7H,2-3H2,1H3,(H,13,14)(H,15,16). The van der Waals surface area contributed by atoms with Crippen molar-refractivity contribution in [2.24, 2.45) is 0 Å². The molecule has 1 fully saturated rings. The smallest absolute Gasteiger partial charge is 0.262 e. The molecule has 1 unspecified atom stereocenters. The van der Waals surface area contributed by atoms with Crippen molar-refractivity contribution in [1.29, 1.82) is 0 Å². The summed E-state index contributed by atoms with van der Waals surface area (Å²) in [4.78, 5) is 11.8. The normalized spacial score (nSPS) is 16.7. The first kappa shape index (κ1) is 11.4. The number of hydrogen-bond donors (Lipinski definition) is 2. The Morgan fingerprint density at radius 3 is 2.94 bits per heavy atom. The number of hydrogen-bond acceptors (Lipinski definition) is 3. The molecule has 5 nitrogen and oxygen atoms in total. The first-order chi connectivity index (χ1) is 8.65. The van der Waals surface area contributed by atoms with Gasteiger partial charge in [0.05, 0.1) is 5.52 Å². The summed E-state index contributed by atoms with van der Waals surface area (Å²) in [5.74, 6) is 0.231. The fourth-order valence-corrected chi connectivity index (χ4v) is 2.42. The number of fused-ring (bicyclic) bond motifs is 1. The van der Waals surface area contributed by atoms with Crippen molar-refractivity contribution in [3.05, 3.63) is 29.5 Å². The van der Waals surface area contributed by atoms with E-state index >= 15 is 0 Å². The van der Waals surface area contributed by atoms with Gasteiger partial charge in [-0.3, -0.25) is 14.6 Å². The molecule has 3 rings (SSSR count). The minimum Gasteiger partial charge on any atom is -0.281 e. The average molecular weight is 263 g/mol. The molecule has 0 spiro atoms. The summed E-state index contributed by atoms with van der Waals surface area (Å²) >= 11 is 0. The lowest BCUT2D eigenvalue weighted by atomic mass is 10.1. The molecule has 1 amide bonds. The van der Waals surface area contributed by atoms with Gasteiger partial charge in [-0.05, 0) is 31.0 Å². The Hall–Kier alpha value is -1.69. The monoisotopic (exact) mass is 263 g/mol. The lowest BCUT2D eigenvalue weighted by Gasteiger charge is -2.02. The Bertz CT molecular complexity index is 646. The van der Waals surface area contributed by atoms with Crippen LogP contribution in [0.1, 0.15) is 34.8 Å². The van der Waals surface area contributed by atoms with Crippen molar-refractivity contribution in [2.45, 2.75) is 18.8 Å². The molecule has 2 N–H and O–H groups in total. The zero-order valence-electron chi connectivity index (χ0n) is 9.90. The maximum atomic E-state index is 11.8. The highest BCUT2D eigenvalue weighted by Crippen LogP contribution is 2.41. The highest BCUT2D eigenvalue weighted by atomic mass is 32.2. The molecule has 2 aromatic rings. The molecule has 1 atom stereocenters. The number of H-pyrrole nitrogens is 1. The number of carbonyl (C=O) groups is 1. The van der Waals surface area contributed by atoms with Gasteiger partial charge in [0.1, 0.15) is 11.0 Å². The molecule has 1 aromatic carbocycles. The Labute approximate surface area is 107 Å². The van der Waals surface area contributed by atoms with Crippen LogP contribution >= 0.6 is 0 Å². The Balaban J connectivity index is 2.01. The fraction of sp³-hybridized carbons (Fsp3) is 0.333. The first-order valence-electron chi connectivity index (χ1n) is 5.77. The second-order valence-electron chi connectivity index (χ2n) is 4.53. The Morgan fingerprint density at radius 2 is 2.28 bits per heavy atom. The minimum atomic E-state index is -1.35. The summed E-state index contributed by atoms with van der Waals surface area (Å²) in [5, 5.41) is 8.26. The summed E-state index contributed by atoms with van der Waals surface area (Å²) in [7, 11) is -1.35. The van der Waals surface area contributed by atoms with Gasteiger partial charge < -0.3 is 0 Å². The first-order valence-corrected chi connectivity index (χ1v) is 7.33. The van der Waals surface area contributed by atoms with E-state index in [0.717, 1.165) is 16.6 Å². The van der Waals surface area contributed by atoms with Crippen molar-refractivity contribution in [3.63, 3.8) is 0 Å². The molecule has 1 aromatic heterocycles. The van der Waals surface area contributed by atoms with E-state index in [1.807, 2.05) is 12.1 Å². The van der Waals surface area contributed by atoms with Crippen molar-refractivity contribution in [1.82, 2.24) is 14.9 Å². The van der Waals surface area contributed by atoms with E-state index in [9.17, 15) is 9.00 Å². The van der Waals surface area contributed by atoms with Gasteiger partial charge in [-0.15, -0.1) is 0 Å². The fourth-order valence-electron chi connectivity index (χ4n) is 2.04. The molecule has 0 radical (unpaired) electrons. The molecular formula is C12H13N3O2S. The van der Waals surface area contributed by atoms with Gasteiger partial charge in [0.2, 0.25) is 0 Å². The topological polar surface area (TPSA) is 74.8 Å². The van der Waals surface area contributed by atoms with Gasteiger partial charge in [0.25, 0.3) is 5.91 Å². The van der Waals surface area contributed by atoms with Crippen LogP contribution in [0.3, 0.4) is 0 Å². The van der Waals surface area contributed by atoms with E-state index in [4.69, 9.17) is 0 Å². The number of nitrogens with one attached hydrogen (secondary N) is 2. The van der Waals surface area contributed by atoms with Crippen LogP contribution in [0.5, 0.6) is 0 Å². The van der Waals surface area contributed by atoms with Crippen LogP contribution in [0.15, 0.2) is 18.2 Å². The van der Waals surface area contributed by atoms with Gasteiger partial charge in [-0.1, -0.05) is 0 Å². The minimum absolute atomic E-state index is 0.319. The van der Waals surface area contributed by atoms with Crippen LogP contribution in [-0.4, -0.2) is 26.6 Å². The van der Waals surface area contributed by atoms with Crippen LogP contribution < -0.4 is 4.72 Å². The van der Waals surface area contributed by atoms with Crippen LogP contribution in [0, 0.1) is 0 Å². The zero-order chi connectivity index (χ0) is 12.7. The second-order valence-corrected chi connectivity index (χ2v) is 5.64. The highest BCUT2D eigenvalue weighted by molar-refractivity contribution is 7.82. The lowest BCUT2D eigenvalue weighted by molar-refractivity contribution is 0.0983. The number of amides is 1. The van der Waals surface area contributed by atoms with Gasteiger partial charge >= 0.3 is 0 Å². The third-order valence-corrected chi connectivity index (χ3v) is 3.54. The van der Waals surface area contributed by atoms with Crippen LogP contribution in [-0.2, 0) is 11.0 Å². The molecule has 94 valence electrons. The van der Waals surface area contributed by atoms with Gasteiger partial charge in [-0.25, -0.2) is 4.21 Å². The van der Waals surface area contributed by atoms with Crippen molar-refractivity contribution in [2.75, 3.05) is 6.26 Å². The van der Waals surface area contributed by atoms with E-state index in [2.05, 4.69) is 14.9 Å². The van der Waals surface area contributed by atoms with Gasteiger partial charge in [0, 0.05) is 28.8 Å². The number of carbonyl (C=O) groups excluding carboxylic acids is 1. The van der Waals surface area contributed by atoms with Crippen LogP contribution in [0.4, 0.5) is 0 Å². The maximum absolute atomic E-state index is 11.8. The quantitative estimate of drug-likeness (QED) is 0.880. The number of rotatable bonds is 3. The molecule has 1 heterocycles.